The zero-order chi connectivity index (χ0) is 31.6. The van der Waals surface area contributed by atoms with E-state index in [4.69, 9.17) is 0 Å². The van der Waals surface area contributed by atoms with Crippen molar-refractivity contribution in [2.45, 2.75) is 64.6 Å². The van der Waals surface area contributed by atoms with Gasteiger partial charge in [0.05, 0.1) is 31.3 Å². The summed E-state index contributed by atoms with van der Waals surface area (Å²) in [4.78, 5) is 2.42. The Morgan fingerprint density at radius 1 is 0.837 bits per heavy atom. The molecular weight excluding hydrogens is 566 g/mol. The van der Waals surface area contributed by atoms with Crippen LogP contribution in [-0.2, 0) is 18.9 Å². The maximum Gasteiger partial charge on any atom is 0.416 e. The molecule has 1 saturated heterocycles. The van der Waals surface area contributed by atoms with E-state index in [0.29, 0.717) is 4.59 Å². The van der Waals surface area contributed by atoms with Gasteiger partial charge in [0.15, 0.2) is 0 Å². The van der Waals surface area contributed by atoms with Crippen LogP contribution in [0.1, 0.15) is 59.2 Å². The van der Waals surface area contributed by atoms with Gasteiger partial charge < -0.3 is 5.32 Å². The zero-order valence-corrected chi connectivity index (χ0v) is 25.4. The van der Waals surface area contributed by atoms with E-state index in [1.165, 1.54) is 5.56 Å². The minimum absolute atomic E-state index is 0.0456. The van der Waals surface area contributed by atoms with Crippen molar-refractivity contribution in [2.24, 2.45) is 0 Å². The van der Waals surface area contributed by atoms with Crippen molar-refractivity contribution in [1.29, 1.82) is 0 Å². The van der Waals surface area contributed by atoms with Gasteiger partial charge in [0.2, 0.25) is 0 Å². The molecule has 43 heavy (non-hydrogen) atoms. The predicted molar refractivity (Wildman–Crippen MR) is 158 cm³/mol. The van der Waals surface area contributed by atoms with Crippen molar-refractivity contribution < 1.29 is 30.9 Å². The van der Waals surface area contributed by atoms with Crippen LogP contribution < -0.4 is 5.32 Å². The van der Waals surface area contributed by atoms with E-state index in [0.717, 1.165) is 61.3 Å². The molecule has 4 nitrogen and oxygen atoms in total. The number of likely N-dealkylation sites (tertiary alicyclic amines) is 1. The fourth-order valence-corrected chi connectivity index (χ4v) is 5.95. The van der Waals surface area contributed by atoms with Crippen LogP contribution in [0.15, 0.2) is 66.7 Å². The van der Waals surface area contributed by atoms with Gasteiger partial charge in [-0.2, -0.15) is 26.3 Å². The highest BCUT2D eigenvalue weighted by Gasteiger charge is 2.41. The summed E-state index contributed by atoms with van der Waals surface area (Å²) in [6.45, 7) is 8.78. The Balaban J connectivity index is 1.60. The van der Waals surface area contributed by atoms with Crippen LogP contribution in [0.5, 0.6) is 0 Å². The maximum absolute atomic E-state index is 13.5. The molecule has 1 atom stereocenters. The van der Waals surface area contributed by atoms with Crippen LogP contribution >= 0.6 is 0 Å². The summed E-state index contributed by atoms with van der Waals surface area (Å²) < 4.78 is 81.7. The molecule has 0 spiro atoms. The highest BCUT2D eigenvalue weighted by molar-refractivity contribution is 5.50. The first kappa shape index (κ1) is 32.8. The lowest BCUT2D eigenvalue weighted by atomic mass is 10.00. The highest BCUT2D eigenvalue weighted by Crippen LogP contribution is 2.38. The van der Waals surface area contributed by atoms with Gasteiger partial charge in [-0.15, -0.1) is 5.01 Å². The molecule has 1 aliphatic heterocycles. The first-order chi connectivity index (χ1) is 20.1. The Labute approximate surface area is 250 Å². The molecule has 234 valence electrons. The van der Waals surface area contributed by atoms with Crippen molar-refractivity contribution in [3.63, 3.8) is 0 Å². The van der Waals surface area contributed by atoms with E-state index in [2.05, 4.69) is 47.5 Å². The standard InChI is InChI=1S/C33H41F6N4/c1-23-11-12-27(17-24(23)2)25(3)42(22-40-30-19-28(32(34,35)36)18-29(20-30)33(37,38)39)43(4,5)31-13-15-41(16-14-31)21-26-9-7-6-8-10-26/h6-12,17-20,25,31,40H,13-16,21-22H2,1-5H3/q+1. The number of halogens is 6. The van der Waals surface area contributed by atoms with Crippen LogP contribution in [0.25, 0.3) is 0 Å². The van der Waals surface area contributed by atoms with Crippen molar-refractivity contribution >= 4 is 5.69 Å². The zero-order valence-electron chi connectivity index (χ0n) is 25.4. The number of piperidine rings is 1. The Morgan fingerprint density at radius 3 is 1.95 bits per heavy atom. The number of hydrogen-bond acceptors (Lipinski definition) is 3. The van der Waals surface area contributed by atoms with E-state index < -0.39 is 23.5 Å². The number of quaternary nitrogens is 1. The quantitative estimate of drug-likeness (QED) is 0.114. The van der Waals surface area contributed by atoms with Gasteiger partial charge >= 0.3 is 12.4 Å². The minimum atomic E-state index is -4.91. The molecule has 4 rings (SSSR count). The predicted octanol–water partition coefficient (Wildman–Crippen LogP) is 8.43. The first-order valence-electron chi connectivity index (χ1n) is 14.5. The van der Waals surface area contributed by atoms with Gasteiger partial charge in [0.25, 0.3) is 0 Å². The number of alkyl halides is 6. The van der Waals surface area contributed by atoms with Gasteiger partial charge in [-0.3, -0.25) is 4.90 Å². The normalized spacial score (nSPS) is 16.5. The van der Waals surface area contributed by atoms with E-state index in [-0.39, 0.29) is 30.5 Å². The number of anilines is 1. The number of rotatable bonds is 9. The molecule has 0 amide bonds. The molecule has 0 aromatic heterocycles. The lowest BCUT2D eigenvalue weighted by molar-refractivity contribution is -1.03. The average Bonchev–Trinajstić information content (AvgIpc) is 2.94. The monoisotopic (exact) mass is 607 g/mol. The largest absolute Gasteiger partial charge is 0.416 e. The van der Waals surface area contributed by atoms with Crippen molar-refractivity contribution in [1.82, 2.24) is 9.91 Å². The van der Waals surface area contributed by atoms with Gasteiger partial charge in [0.1, 0.15) is 12.7 Å². The molecule has 1 fully saturated rings. The number of nitrogens with zero attached hydrogens (tertiary/aromatic N) is 3. The lowest BCUT2D eigenvalue weighted by Gasteiger charge is -2.50. The Hall–Kier alpha value is -3.08. The number of aryl methyl sites for hydroxylation is 2. The second-order valence-electron chi connectivity index (χ2n) is 12.1. The van der Waals surface area contributed by atoms with E-state index in [1.54, 1.807) is 0 Å². The van der Waals surface area contributed by atoms with Crippen molar-refractivity contribution in [3.05, 3.63) is 100 Å². The number of benzene rings is 3. The van der Waals surface area contributed by atoms with E-state index >= 15 is 0 Å². The number of nitrogens with one attached hydrogen (secondary N) is 1. The number of hydrogen-bond donors (Lipinski definition) is 1. The Bertz CT molecular complexity index is 1330. The Kier molecular flexibility index (Phi) is 9.83. The molecule has 1 heterocycles. The average molecular weight is 608 g/mol. The third-order valence-corrected chi connectivity index (χ3v) is 8.86. The molecule has 0 aliphatic carbocycles. The molecule has 3 aromatic rings. The molecule has 1 aliphatic rings. The van der Waals surface area contributed by atoms with Crippen LogP contribution in [0.4, 0.5) is 32.0 Å². The van der Waals surface area contributed by atoms with Crippen LogP contribution in [0.3, 0.4) is 0 Å². The lowest BCUT2D eigenvalue weighted by Crippen LogP contribution is -2.64. The second kappa shape index (κ2) is 12.9. The summed E-state index contributed by atoms with van der Waals surface area (Å²) in [6.07, 6.45) is -8.02. The van der Waals surface area contributed by atoms with Gasteiger partial charge in [0, 0.05) is 38.2 Å². The Morgan fingerprint density at radius 2 is 1.42 bits per heavy atom. The van der Waals surface area contributed by atoms with Crippen molar-refractivity contribution in [3.8, 4) is 0 Å². The van der Waals surface area contributed by atoms with Crippen LogP contribution in [-0.4, -0.2) is 54.4 Å². The molecular formula is C33H41F6N4+. The molecule has 1 N–H and O–H groups in total. The summed E-state index contributed by atoms with van der Waals surface area (Å²) in [5, 5.41) is 5.05. The molecule has 10 heteroatoms. The topological polar surface area (TPSA) is 18.5 Å². The summed E-state index contributed by atoms with van der Waals surface area (Å²) in [7, 11) is 4.15. The smallest absolute Gasteiger partial charge is 0.368 e. The van der Waals surface area contributed by atoms with Gasteiger partial charge in [-0.05, 0) is 61.2 Å². The second-order valence-corrected chi connectivity index (χ2v) is 12.1. The van der Waals surface area contributed by atoms with Crippen molar-refractivity contribution in [2.75, 3.05) is 39.2 Å². The van der Waals surface area contributed by atoms with Gasteiger partial charge in [-0.1, -0.05) is 48.5 Å². The summed E-state index contributed by atoms with van der Waals surface area (Å²) in [5.74, 6) is 0. The fraction of sp³-hybridized carbons (Fsp3) is 0.455. The SMILES string of the molecule is Cc1ccc(C(C)N(CNc2cc(C(F)(F)F)cc(C(F)(F)F)c2)[N+](C)(C)C2CCN(Cc3ccccc3)CC2)cc1C. The summed E-state index contributed by atoms with van der Waals surface area (Å²) in [6, 6.07) is 18.1. The van der Waals surface area contributed by atoms with Crippen LogP contribution in [0, 0.1) is 13.8 Å². The molecule has 0 saturated carbocycles. The summed E-state index contributed by atoms with van der Waals surface area (Å²) >= 11 is 0. The third kappa shape index (κ3) is 8.10. The minimum Gasteiger partial charge on any atom is -0.368 e. The fourth-order valence-electron chi connectivity index (χ4n) is 5.95. The van der Waals surface area contributed by atoms with Gasteiger partial charge in [-0.25, -0.2) is 4.59 Å². The van der Waals surface area contributed by atoms with Crippen LogP contribution in [0.2, 0.25) is 0 Å². The molecule has 0 radical (unpaired) electrons. The molecule has 0 bridgehead atoms. The summed E-state index contributed by atoms with van der Waals surface area (Å²) in [5.41, 5.74) is 1.64. The molecule has 3 aromatic carbocycles. The van der Waals surface area contributed by atoms with E-state index in [9.17, 15) is 26.3 Å². The van der Waals surface area contributed by atoms with E-state index in [1.807, 2.05) is 51.1 Å². The third-order valence-electron chi connectivity index (χ3n) is 8.86. The molecule has 1 unspecified atom stereocenters. The first-order valence-corrected chi connectivity index (χ1v) is 14.5. The maximum atomic E-state index is 13.5. The highest BCUT2D eigenvalue weighted by atomic mass is 19.4.